The highest BCUT2D eigenvalue weighted by Gasteiger charge is 2.36. The number of para-hydroxylation sites is 2. The van der Waals surface area contributed by atoms with E-state index in [1.807, 2.05) is 61.7 Å². The lowest BCUT2D eigenvalue weighted by Gasteiger charge is -2.31. The van der Waals surface area contributed by atoms with Crippen LogP contribution in [0.25, 0.3) is 11.3 Å². The number of rotatable bonds is 4. The van der Waals surface area contributed by atoms with Gasteiger partial charge in [0.2, 0.25) is 23.2 Å². The van der Waals surface area contributed by atoms with Crippen molar-refractivity contribution in [2.45, 2.75) is 24.7 Å². The molecule has 1 atom stereocenters. The predicted octanol–water partition coefficient (Wildman–Crippen LogP) is 4.10. The quantitative estimate of drug-likeness (QED) is 0.601. The molecule has 0 unspecified atom stereocenters. The number of carbonyl (C=O) groups is 1. The van der Waals surface area contributed by atoms with E-state index in [4.69, 9.17) is 9.47 Å². The van der Waals surface area contributed by atoms with Crippen LogP contribution in [0.15, 0.2) is 53.7 Å². The van der Waals surface area contributed by atoms with Crippen LogP contribution in [-0.4, -0.2) is 34.5 Å². The lowest BCUT2D eigenvalue weighted by molar-refractivity contribution is -0.120. The number of benzene rings is 2. The maximum absolute atomic E-state index is 13.1. The van der Waals surface area contributed by atoms with E-state index in [2.05, 4.69) is 15.2 Å². The van der Waals surface area contributed by atoms with Gasteiger partial charge in [0, 0.05) is 12.0 Å². The maximum Gasteiger partial charge on any atom is 0.247 e. The first-order valence-corrected chi connectivity index (χ1v) is 10.4. The Bertz CT molecular complexity index is 1060. The highest BCUT2D eigenvalue weighted by Crippen LogP contribution is 2.44. The molecule has 1 aliphatic heterocycles. The molecule has 0 N–H and O–H groups in total. The Hall–Kier alpha value is -3.13. The van der Waals surface area contributed by atoms with Crippen molar-refractivity contribution in [2.75, 3.05) is 18.3 Å². The third-order valence-electron chi connectivity index (χ3n) is 4.67. The second-order valence-corrected chi connectivity index (χ2v) is 7.07. The summed E-state index contributed by atoms with van der Waals surface area (Å²) in [5.41, 5.74) is 2.67. The van der Waals surface area contributed by atoms with Gasteiger partial charge in [0.15, 0.2) is 5.69 Å². The summed E-state index contributed by atoms with van der Waals surface area (Å²) in [5.74, 6) is 0.873. The van der Waals surface area contributed by atoms with E-state index in [1.54, 1.807) is 12.0 Å². The van der Waals surface area contributed by atoms with Crippen molar-refractivity contribution in [3.63, 3.8) is 0 Å². The predicted molar refractivity (Wildman–Crippen MR) is 111 cm³/mol. The van der Waals surface area contributed by atoms with Crippen LogP contribution in [-0.2, 0) is 4.79 Å². The monoisotopic (exact) mass is 408 g/mol. The molecule has 0 saturated heterocycles. The number of thioether (sulfide) groups is 1. The molecule has 7 nitrogen and oxygen atoms in total. The fourth-order valence-corrected chi connectivity index (χ4v) is 3.61. The molecule has 0 aliphatic carbocycles. The fraction of sp³-hybridized carbons (Fsp3) is 0.238. The molecule has 0 bridgehead atoms. The van der Waals surface area contributed by atoms with E-state index in [-0.39, 0.29) is 5.91 Å². The molecule has 2 heterocycles. The minimum Gasteiger partial charge on any atom is -0.496 e. The minimum absolute atomic E-state index is 0.0841. The van der Waals surface area contributed by atoms with Crippen molar-refractivity contribution in [1.29, 1.82) is 0 Å². The van der Waals surface area contributed by atoms with Crippen molar-refractivity contribution in [3.8, 4) is 22.9 Å². The Morgan fingerprint density at radius 3 is 2.69 bits per heavy atom. The lowest BCUT2D eigenvalue weighted by Crippen LogP contribution is -2.37. The lowest BCUT2D eigenvalue weighted by atomic mass is 10.1. The van der Waals surface area contributed by atoms with Crippen molar-refractivity contribution >= 4 is 23.4 Å². The zero-order valence-electron chi connectivity index (χ0n) is 16.3. The highest BCUT2D eigenvalue weighted by atomic mass is 32.2. The smallest absolute Gasteiger partial charge is 0.247 e. The summed E-state index contributed by atoms with van der Waals surface area (Å²) >= 11 is 1.38. The van der Waals surface area contributed by atoms with Gasteiger partial charge in [-0.15, -0.1) is 10.2 Å². The average molecular weight is 408 g/mol. The van der Waals surface area contributed by atoms with Crippen LogP contribution >= 0.6 is 11.8 Å². The first kappa shape index (κ1) is 19.2. The first-order valence-electron chi connectivity index (χ1n) is 9.17. The Morgan fingerprint density at radius 1 is 1.17 bits per heavy atom. The molecule has 148 valence electrons. The summed E-state index contributed by atoms with van der Waals surface area (Å²) in [6.07, 6.45) is 1.43. The van der Waals surface area contributed by atoms with Gasteiger partial charge in [0.05, 0.1) is 18.4 Å². The van der Waals surface area contributed by atoms with Gasteiger partial charge in [-0.1, -0.05) is 49.0 Å². The van der Waals surface area contributed by atoms with Crippen molar-refractivity contribution in [3.05, 3.63) is 54.1 Å². The Morgan fingerprint density at radius 2 is 1.93 bits per heavy atom. The second-order valence-electron chi connectivity index (χ2n) is 6.30. The van der Waals surface area contributed by atoms with E-state index in [0.29, 0.717) is 34.6 Å². The minimum atomic E-state index is -0.757. The van der Waals surface area contributed by atoms with Crippen LogP contribution < -0.4 is 14.4 Å². The van der Waals surface area contributed by atoms with E-state index in [0.717, 1.165) is 11.1 Å². The number of hydrogen-bond acceptors (Lipinski definition) is 7. The molecule has 1 aromatic heterocycles. The number of anilines is 1. The second kappa shape index (κ2) is 8.08. The van der Waals surface area contributed by atoms with Gasteiger partial charge in [-0.05, 0) is 24.5 Å². The third-order valence-corrected chi connectivity index (χ3v) is 5.21. The SMILES string of the molecule is CCC(=O)N1c2ccccc2-c2nnc(SC)nc2O[C@H]1c1ccccc1OC. The number of ether oxygens (including phenoxy) is 2. The molecule has 0 saturated carbocycles. The largest absolute Gasteiger partial charge is 0.496 e. The molecule has 0 fully saturated rings. The average Bonchev–Trinajstić information content (AvgIpc) is 2.92. The van der Waals surface area contributed by atoms with Crippen molar-refractivity contribution in [1.82, 2.24) is 15.2 Å². The zero-order chi connectivity index (χ0) is 20.4. The molecule has 2 aromatic carbocycles. The van der Waals surface area contributed by atoms with E-state index in [1.165, 1.54) is 11.8 Å². The van der Waals surface area contributed by atoms with Crippen molar-refractivity contribution < 1.29 is 14.3 Å². The number of methoxy groups -OCH3 is 1. The van der Waals surface area contributed by atoms with Gasteiger partial charge in [0.25, 0.3) is 0 Å². The molecular formula is C21H20N4O3S. The van der Waals surface area contributed by atoms with E-state index in [9.17, 15) is 4.79 Å². The first-order chi connectivity index (χ1) is 14.2. The fourth-order valence-electron chi connectivity index (χ4n) is 3.31. The van der Waals surface area contributed by atoms with Gasteiger partial charge < -0.3 is 9.47 Å². The molecule has 0 spiro atoms. The number of carbonyl (C=O) groups excluding carboxylic acids is 1. The summed E-state index contributed by atoms with van der Waals surface area (Å²) < 4.78 is 11.9. The molecule has 0 radical (unpaired) electrons. The molecule has 4 rings (SSSR count). The van der Waals surface area contributed by atoms with E-state index >= 15 is 0 Å². The molecular weight excluding hydrogens is 388 g/mol. The summed E-state index contributed by atoms with van der Waals surface area (Å²) in [4.78, 5) is 19.3. The van der Waals surface area contributed by atoms with Gasteiger partial charge in [-0.25, -0.2) is 0 Å². The molecule has 3 aromatic rings. The number of hydrogen-bond donors (Lipinski definition) is 0. The number of amides is 1. The van der Waals surface area contributed by atoms with Crippen LogP contribution in [0.1, 0.15) is 25.1 Å². The molecule has 29 heavy (non-hydrogen) atoms. The summed E-state index contributed by atoms with van der Waals surface area (Å²) in [5, 5.41) is 9.02. The van der Waals surface area contributed by atoms with Crippen LogP contribution in [0.2, 0.25) is 0 Å². The van der Waals surface area contributed by atoms with E-state index < -0.39 is 6.23 Å². The normalized spacial score (nSPS) is 15.0. The number of nitrogens with zero attached hydrogens (tertiary/aromatic N) is 4. The van der Waals surface area contributed by atoms with Crippen LogP contribution in [0.5, 0.6) is 11.6 Å². The third kappa shape index (κ3) is 3.40. The maximum atomic E-state index is 13.1. The Balaban J connectivity index is 2.00. The number of aromatic nitrogens is 3. The zero-order valence-corrected chi connectivity index (χ0v) is 17.1. The van der Waals surface area contributed by atoms with Gasteiger partial charge in [0.1, 0.15) is 5.75 Å². The molecule has 1 amide bonds. The summed E-state index contributed by atoms with van der Waals surface area (Å²) in [6, 6.07) is 15.1. The van der Waals surface area contributed by atoms with Crippen molar-refractivity contribution in [2.24, 2.45) is 0 Å². The Kier molecular flexibility index (Phi) is 5.35. The topological polar surface area (TPSA) is 77.4 Å². The van der Waals surface area contributed by atoms with Crippen LogP contribution in [0, 0.1) is 0 Å². The van der Waals surface area contributed by atoms with Gasteiger partial charge in [-0.3, -0.25) is 9.69 Å². The molecule has 1 aliphatic rings. The van der Waals surface area contributed by atoms with Gasteiger partial charge >= 0.3 is 0 Å². The van der Waals surface area contributed by atoms with Crippen LogP contribution in [0.3, 0.4) is 0 Å². The summed E-state index contributed by atoms with van der Waals surface area (Å²) in [6.45, 7) is 1.83. The molecule has 8 heteroatoms. The summed E-state index contributed by atoms with van der Waals surface area (Å²) in [7, 11) is 1.60. The standard InChI is InChI=1S/C21H20N4O3S/c1-4-17(26)25-15-11-7-5-9-13(15)18-19(22-21(29-3)24-23-18)28-20(25)14-10-6-8-12-16(14)27-2/h5-12,20H,4H2,1-3H3/t20-/m0/s1. The highest BCUT2D eigenvalue weighted by molar-refractivity contribution is 7.98. The Labute approximate surface area is 173 Å². The van der Waals surface area contributed by atoms with Gasteiger partial charge in [-0.2, -0.15) is 4.98 Å². The number of fused-ring (bicyclic) bond motifs is 3. The van der Waals surface area contributed by atoms with Crippen LogP contribution in [0.4, 0.5) is 5.69 Å².